The Labute approximate surface area is 179 Å². The molecule has 3 aromatic rings. The lowest BCUT2D eigenvalue weighted by Crippen LogP contribution is -2.29. The Balaban J connectivity index is 1.71. The van der Waals surface area contributed by atoms with Crippen molar-refractivity contribution in [1.29, 1.82) is 0 Å². The van der Waals surface area contributed by atoms with Gasteiger partial charge in [-0.25, -0.2) is 4.98 Å². The van der Waals surface area contributed by atoms with Gasteiger partial charge in [0.15, 0.2) is 10.9 Å². The van der Waals surface area contributed by atoms with Crippen LogP contribution in [0.5, 0.6) is 0 Å². The number of ketones is 1. The van der Waals surface area contributed by atoms with Crippen molar-refractivity contribution >= 4 is 29.1 Å². The molecule has 1 amide bonds. The molecule has 7 heteroatoms. The van der Waals surface area contributed by atoms with Crippen LogP contribution in [0, 0.1) is 6.92 Å². The summed E-state index contributed by atoms with van der Waals surface area (Å²) in [4.78, 5) is 41.1. The van der Waals surface area contributed by atoms with Crippen LogP contribution in [0.3, 0.4) is 0 Å². The Hall–Kier alpha value is -3.19. The number of nitrogens with zero attached hydrogens (tertiary/aromatic N) is 2. The lowest BCUT2D eigenvalue weighted by Gasteiger charge is -2.13. The van der Waals surface area contributed by atoms with Crippen LogP contribution in [0.2, 0.25) is 0 Å². The molecule has 0 aliphatic rings. The van der Waals surface area contributed by atoms with Gasteiger partial charge in [-0.05, 0) is 38.0 Å². The molecule has 0 saturated carbocycles. The van der Waals surface area contributed by atoms with Crippen molar-refractivity contribution in [2.45, 2.75) is 32.0 Å². The van der Waals surface area contributed by atoms with Crippen molar-refractivity contribution in [2.75, 3.05) is 11.1 Å². The molecule has 0 saturated heterocycles. The first-order valence-electron chi connectivity index (χ1n) is 9.58. The topological polar surface area (TPSA) is 81.1 Å². The molecule has 2 aromatic carbocycles. The molecule has 30 heavy (non-hydrogen) atoms. The highest BCUT2D eigenvalue weighted by molar-refractivity contribution is 7.99. The molecule has 0 aliphatic carbocycles. The Kier molecular flexibility index (Phi) is 7.19. The molecular formula is C23H23N3O3S. The molecule has 0 unspecified atom stereocenters. The molecular weight excluding hydrogens is 398 g/mol. The average Bonchev–Trinajstić information content (AvgIpc) is 2.71. The molecule has 0 fully saturated rings. The van der Waals surface area contributed by atoms with Crippen LogP contribution in [-0.2, 0) is 17.8 Å². The zero-order valence-corrected chi connectivity index (χ0v) is 17.7. The minimum Gasteiger partial charge on any atom is -0.325 e. The lowest BCUT2D eigenvalue weighted by atomic mass is 10.1. The van der Waals surface area contributed by atoms with Crippen LogP contribution in [-0.4, -0.2) is 27.0 Å². The fraction of sp³-hybridized carbons (Fsp3) is 0.217. The summed E-state index contributed by atoms with van der Waals surface area (Å²) in [6.45, 7) is 3.09. The SMILES string of the molecule is CC(=O)c1cccc(NC(=O)Cn2c(SCCc3ccccc3)nc(C)cc2=O)c1. The zero-order chi connectivity index (χ0) is 21.5. The number of hydrogen-bond donors (Lipinski definition) is 1. The molecule has 1 N–H and O–H groups in total. The van der Waals surface area contributed by atoms with Gasteiger partial charge < -0.3 is 5.32 Å². The van der Waals surface area contributed by atoms with Crippen molar-refractivity contribution < 1.29 is 9.59 Å². The van der Waals surface area contributed by atoms with E-state index in [9.17, 15) is 14.4 Å². The molecule has 154 valence electrons. The number of aromatic nitrogens is 2. The maximum atomic E-state index is 12.6. The van der Waals surface area contributed by atoms with Crippen molar-refractivity contribution in [3.05, 3.63) is 87.8 Å². The largest absolute Gasteiger partial charge is 0.325 e. The predicted molar refractivity (Wildman–Crippen MR) is 119 cm³/mol. The standard InChI is InChI=1S/C23H23N3O3S/c1-16-13-22(29)26(23(24-16)30-12-11-18-7-4-3-5-8-18)15-21(28)25-20-10-6-9-19(14-20)17(2)27/h3-10,13-14H,11-12,15H2,1-2H3,(H,25,28). The molecule has 3 rings (SSSR count). The maximum Gasteiger partial charge on any atom is 0.254 e. The summed E-state index contributed by atoms with van der Waals surface area (Å²) in [6.07, 6.45) is 0.833. The smallest absolute Gasteiger partial charge is 0.254 e. The second kappa shape index (κ2) is 10.0. The zero-order valence-electron chi connectivity index (χ0n) is 16.9. The summed E-state index contributed by atoms with van der Waals surface area (Å²) >= 11 is 1.45. The van der Waals surface area contributed by atoms with Crippen LogP contribution in [0.25, 0.3) is 0 Å². The monoisotopic (exact) mass is 421 g/mol. The number of benzene rings is 2. The summed E-state index contributed by atoms with van der Waals surface area (Å²) in [5.41, 5.74) is 2.58. The second-order valence-corrected chi connectivity index (χ2v) is 7.94. The van der Waals surface area contributed by atoms with Crippen LogP contribution in [0.1, 0.15) is 28.5 Å². The van der Waals surface area contributed by atoms with Crippen LogP contribution in [0.15, 0.2) is 70.6 Å². The fourth-order valence-electron chi connectivity index (χ4n) is 2.92. The summed E-state index contributed by atoms with van der Waals surface area (Å²) in [7, 11) is 0. The molecule has 0 atom stereocenters. The molecule has 0 radical (unpaired) electrons. The van der Waals surface area contributed by atoms with Gasteiger partial charge in [0.05, 0.1) is 0 Å². The fourth-order valence-corrected chi connectivity index (χ4v) is 3.95. The Morgan fingerprint density at radius 1 is 1.07 bits per heavy atom. The van der Waals surface area contributed by atoms with E-state index in [4.69, 9.17) is 0 Å². The van der Waals surface area contributed by atoms with E-state index in [0.29, 0.717) is 22.1 Å². The normalized spacial score (nSPS) is 10.6. The summed E-state index contributed by atoms with van der Waals surface area (Å²) in [6, 6.07) is 18.2. The first-order chi connectivity index (χ1) is 14.4. The van der Waals surface area contributed by atoms with E-state index in [1.54, 1.807) is 31.2 Å². The third-order valence-corrected chi connectivity index (χ3v) is 5.40. The number of nitrogens with one attached hydrogen (secondary N) is 1. The van der Waals surface area contributed by atoms with Gasteiger partial charge in [-0.2, -0.15) is 0 Å². The number of carbonyl (C=O) groups is 2. The Morgan fingerprint density at radius 3 is 2.57 bits per heavy atom. The minimum absolute atomic E-state index is 0.0813. The molecule has 6 nitrogen and oxygen atoms in total. The predicted octanol–water partition coefficient (Wildman–Crippen LogP) is 3.73. The number of hydrogen-bond acceptors (Lipinski definition) is 5. The van der Waals surface area contributed by atoms with Crippen LogP contribution >= 0.6 is 11.8 Å². The number of thioether (sulfide) groups is 1. The van der Waals surface area contributed by atoms with Crippen molar-refractivity contribution in [3.63, 3.8) is 0 Å². The highest BCUT2D eigenvalue weighted by atomic mass is 32.2. The molecule has 0 aliphatic heterocycles. The van der Waals surface area contributed by atoms with E-state index >= 15 is 0 Å². The van der Waals surface area contributed by atoms with Gasteiger partial charge in [0.1, 0.15) is 6.54 Å². The molecule has 0 bridgehead atoms. The Morgan fingerprint density at radius 2 is 1.83 bits per heavy atom. The van der Waals surface area contributed by atoms with E-state index in [1.165, 1.54) is 34.9 Å². The van der Waals surface area contributed by atoms with Crippen molar-refractivity contribution in [3.8, 4) is 0 Å². The van der Waals surface area contributed by atoms with Gasteiger partial charge in [-0.15, -0.1) is 0 Å². The van der Waals surface area contributed by atoms with Crippen molar-refractivity contribution in [2.24, 2.45) is 0 Å². The van der Waals surface area contributed by atoms with E-state index < -0.39 is 0 Å². The molecule has 1 aromatic heterocycles. The first-order valence-corrected chi connectivity index (χ1v) is 10.6. The number of aryl methyl sites for hydroxylation is 2. The second-order valence-electron chi connectivity index (χ2n) is 6.87. The average molecular weight is 422 g/mol. The Bertz CT molecular complexity index is 1110. The number of Topliss-reactive ketones (excluding diaryl/α,β-unsaturated/α-hetero) is 1. The van der Waals surface area contributed by atoms with E-state index in [0.717, 1.165) is 12.2 Å². The summed E-state index contributed by atoms with van der Waals surface area (Å²) in [5, 5.41) is 3.27. The number of rotatable bonds is 8. The maximum absolute atomic E-state index is 12.6. The highest BCUT2D eigenvalue weighted by Gasteiger charge is 2.13. The van der Waals surface area contributed by atoms with E-state index in [2.05, 4.69) is 22.4 Å². The first kappa shape index (κ1) is 21.5. The number of amides is 1. The van der Waals surface area contributed by atoms with E-state index in [1.807, 2.05) is 18.2 Å². The van der Waals surface area contributed by atoms with E-state index in [-0.39, 0.29) is 23.8 Å². The van der Waals surface area contributed by atoms with Gasteiger partial charge in [0.25, 0.3) is 5.56 Å². The number of anilines is 1. The lowest BCUT2D eigenvalue weighted by molar-refractivity contribution is -0.116. The molecule has 0 spiro atoms. The third kappa shape index (κ3) is 5.90. The van der Waals surface area contributed by atoms with Crippen LogP contribution < -0.4 is 10.9 Å². The van der Waals surface area contributed by atoms with Gasteiger partial charge in [-0.1, -0.05) is 54.2 Å². The van der Waals surface area contributed by atoms with Crippen molar-refractivity contribution in [1.82, 2.24) is 9.55 Å². The molecule has 1 heterocycles. The van der Waals surface area contributed by atoms with Gasteiger partial charge in [-0.3, -0.25) is 19.0 Å². The van der Waals surface area contributed by atoms with Gasteiger partial charge >= 0.3 is 0 Å². The summed E-state index contributed by atoms with van der Waals surface area (Å²) in [5.74, 6) is 0.304. The summed E-state index contributed by atoms with van der Waals surface area (Å²) < 4.78 is 1.38. The van der Waals surface area contributed by atoms with Gasteiger partial charge in [0.2, 0.25) is 5.91 Å². The highest BCUT2D eigenvalue weighted by Crippen LogP contribution is 2.17. The third-order valence-electron chi connectivity index (χ3n) is 4.42. The quantitative estimate of drug-likeness (QED) is 0.341. The van der Waals surface area contributed by atoms with Gasteiger partial charge in [0, 0.05) is 28.8 Å². The minimum atomic E-state index is -0.353. The number of carbonyl (C=O) groups excluding carboxylic acids is 2. The van der Waals surface area contributed by atoms with Crippen LogP contribution in [0.4, 0.5) is 5.69 Å².